The van der Waals surface area contributed by atoms with Gasteiger partial charge in [-0.05, 0) is 45.0 Å². The van der Waals surface area contributed by atoms with E-state index in [0.29, 0.717) is 0 Å². The molecule has 2 aromatic rings. The summed E-state index contributed by atoms with van der Waals surface area (Å²) in [6.45, 7) is 5.14. The molecule has 0 aliphatic heterocycles. The quantitative estimate of drug-likeness (QED) is 0.632. The molecule has 2 heterocycles. The van der Waals surface area contributed by atoms with Gasteiger partial charge >= 0.3 is 5.97 Å². The van der Waals surface area contributed by atoms with Crippen molar-refractivity contribution in [2.45, 2.75) is 26.9 Å². The number of ketones is 1. The van der Waals surface area contributed by atoms with Crippen molar-refractivity contribution in [3.63, 3.8) is 0 Å². The summed E-state index contributed by atoms with van der Waals surface area (Å²) < 4.78 is 15.6. The molecular weight excluding hydrogens is 260 g/mol. The van der Waals surface area contributed by atoms with Crippen LogP contribution in [0.1, 0.15) is 43.2 Å². The second-order valence-electron chi connectivity index (χ2n) is 5.39. The molecule has 5 nitrogen and oxygen atoms in total. The Morgan fingerprint density at radius 1 is 1.10 bits per heavy atom. The molecule has 5 heteroatoms. The minimum Gasteiger partial charge on any atom is -0.465 e. The van der Waals surface area contributed by atoms with Crippen molar-refractivity contribution in [3.05, 3.63) is 48.3 Å². The van der Waals surface area contributed by atoms with Crippen LogP contribution in [-0.2, 0) is 9.53 Å². The molecular formula is C15H16O5. The Kier molecular flexibility index (Phi) is 3.79. The molecule has 20 heavy (non-hydrogen) atoms. The molecule has 0 amide bonds. The van der Waals surface area contributed by atoms with Gasteiger partial charge in [0.2, 0.25) is 11.9 Å². The second kappa shape index (κ2) is 5.36. The lowest BCUT2D eigenvalue weighted by Crippen LogP contribution is -2.28. The van der Waals surface area contributed by atoms with Gasteiger partial charge < -0.3 is 13.6 Å². The third-order valence-corrected chi connectivity index (χ3v) is 2.64. The number of furan rings is 2. The summed E-state index contributed by atoms with van der Waals surface area (Å²) in [5.41, 5.74) is -0.714. The zero-order valence-electron chi connectivity index (χ0n) is 11.6. The summed E-state index contributed by atoms with van der Waals surface area (Å²) >= 11 is 0. The molecule has 0 N–H and O–H groups in total. The van der Waals surface area contributed by atoms with E-state index in [-0.39, 0.29) is 11.5 Å². The Bertz CT molecular complexity index is 572. The minimum atomic E-state index is -1.14. The average Bonchev–Trinajstić information content (AvgIpc) is 3.05. The van der Waals surface area contributed by atoms with Gasteiger partial charge in [-0.1, -0.05) is 0 Å². The largest absolute Gasteiger partial charge is 0.465 e. The first kappa shape index (κ1) is 14.1. The molecule has 106 valence electrons. The second-order valence-corrected chi connectivity index (χ2v) is 5.39. The van der Waals surface area contributed by atoms with Crippen LogP contribution in [0.5, 0.6) is 0 Å². The van der Waals surface area contributed by atoms with Gasteiger partial charge in [-0.3, -0.25) is 9.59 Å². The number of hydrogen-bond donors (Lipinski definition) is 0. The molecule has 0 spiro atoms. The first-order valence-corrected chi connectivity index (χ1v) is 6.22. The van der Waals surface area contributed by atoms with E-state index in [1.807, 2.05) is 0 Å². The van der Waals surface area contributed by atoms with Gasteiger partial charge in [-0.25, -0.2) is 0 Å². The SMILES string of the molecule is CC(C)(C)C(=O)OC(C(=O)c1ccco1)c1ccco1. The molecule has 0 aliphatic carbocycles. The number of carbonyl (C=O) groups excluding carboxylic acids is 2. The number of Topliss-reactive ketones (excluding diaryl/α,β-unsaturated/α-hetero) is 1. The highest BCUT2D eigenvalue weighted by Crippen LogP contribution is 2.27. The first-order chi connectivity index (χ1) is 9.39. The van der Waals surface area contributed by atoms with Crippen molar-refractivity contribution >= 4 is 11.8 Å². The maximum absolute atomic E-state index is 12.3. The number of hydrogen-bond acceptors (Lipinski definition) is 5. The summed E-state index contributed by atoms with van der Waals surface area (Å²) in [6, 6.07) is 6.32. The van der Waals surface area contributed by atoms with Crippen molar-refractivity contribution in [1.82, 2.24) is 0 Å². The summed E-state index contributed by atoms with van der Waals surface area (Å²) in [5, 5.41) is 0. The fraction of sp³-hybridized carbons (Fsp3) is 0.333. The van der Waals surface area contributed by atoms with E-state index in [1.165, 1.54) is 18.6 Å². The van der Waals surface area contributed by atoms with Crippen molar-refractivity contribution in [2.24, 2.45) is 5.41 Å². The van der Waals surface area contributed by atoms with Gasteiger partial charge in [-0.15, -0.1) is 0 Å². The lowest BCUT2D eigenvalue weighted by Gasteiger charge is -2.20. The number of esters is 1. The molecule has 0 aliphatic rings. The number of rotatable bonds is 4. The molecule has 0 saturated carbocycles. The fourth-order valence-electron chi connectivity index (χ4n) is 1.51. The normalized spacial score (nSPS) is 12.9. The fourth-order valence-corrected chi connectivity index (χ4v) is 1.51. The molecule has 0 fully saturated rings. The van der Waals surface area contributed by atoms with Crippen LogP contribution < -0.4 is 0 Å². The summed E-state index contributed by atoms with van der Waals surface area (Å²) in [4.78, 5) is 24.3. The molecule has 0 radical (unpaired) electrons. The third-order valence-electron chi connectivity index (χ3n) is 2.64. The maximum atomic E-state index is 12.3. The lowest BCUT2D eigenvalue weighted by molar-refractivity contribution is -0.157. The van der Waals surface area contributed by atoms with E-state index in [0.717, 1.165) is 0 Å². The standard InChI is InChI=1S/C15H16O5/c1-15(2,3)14(17)20-13(11-7-5-9-19-11)12(16)10-6-4-8-18-10/h4-9,13H,1-3H3. The average molecular weight is 276 g/mol. The zero-order valence-corrected chi connectivity index (χ0v) is 11.6. The Labute approximate surface area is 116 Å². The Hall–Kier alpha value is -2.30. The Morgan fingerprint density at radius 3 is 2.25 bits per heavy atom. The van der Waals surface area contributed by atoms with Crippen molar-refractivity contribution < 1.29 is 23.2 Å². The molecule has 0 aromatic carbocycles. The van der Waals surface area contributed by atoms with Gasteiger partial charge in [0.1, 0.15) is 0 Å². The van der Waals surface area contributed by atoms with E-state index in [2.05, 4.69) is 0 Å². The first-order valence-electron chi connectivity index (χ1n) is 6.22. The Balaban J connectivity index is 2.27. The highest BCUT2D eigenvalue weighted by atomic mass is 16.6. The lowest BCUT2D eigenvalue weighted by atomic mass is 9.97. The summed E-state index contributed by atoms with van der Waals surface area (Å²) in [6.07, 6.45) is 1.67. The van der Waals surface area contributed by atoms with Gasteiger partial charge in [-0.2, -0.15) is 0 Å². The number of carbonyl (C=O) groups is 2. The van der Waals surface area contributed by atoms with E-state index in [9.17, 15) is 9.59 Å². The smallest absolute Gasteiger partial charge is 0.312 e. The van der Waals surface area contributed by atoms with Crippen LogP contribution in [0.25, 0.3) is 0 Å². The van der Waals surface area contributed by atoms with Crippen LogP contribution in [-0.4, -0.2) is 11.8 Å². The van der Waals surface area contributed by atoms with E-state index in [1.54, 1.807) is 39.0 Å². The van der Waals surface area contributed by atoms with Gasteiger partial charge in [0.05, 0.1) is 17.9 Å². The van der Waals surface area contributed by atoms with E-state index >= 15 is 0 Å². The summed E-state index contributed by atoms with van der Waals surface area (Å²) in [7, 11) is 0. The minimum absolute atomic E-state index is 0.119. The maximum Gasteiger partial charge on any atom is 0.312 e. The highest BCUT2D eigenvalue weighted by Gasteiger charge is 2.34. The Morgan fingerprint density at radius 2 is 1.75 bits per heavy atom. The van der Waals surface area contributed by atoms with Gasteiger partial charge in [0.25, 0.3) is 0 Å². The highest BCUT2D eigenvalue weighted by molar-refractivity contribution is 5.98. The van der Waals surface area contributed by atoms with Crippen LogP contribution in [0, 0.1) is 5.41 Å². The molecule has 1 unspecified atom stereocenters. The monoisotopic (exact) mass is 276 g/mol. The van der Waals surface area contributed by atoms with Crippen molar-refractivity contribution in [1.29, 1.82) is 0 Å². The van der Waals surface area contributed by atoms with Crippen molar-refractivity contribution in [2.75, 3.05) is 0 Å². The molecule has 2 rings (SSSR count). The third kappa shape index (κ3) is 2.99. The van der Waals surface area contributed by atoms with Crippen LogP contribution in [0.4, 0.5) is 0 Å². The van der Waals surface area contributed by atoms with Crippen LogP contribution in [0.15, 0.2) is 45.6 Å². The van der Waals surface area contributed by atoms with Crippen LogP contribution >= 0.6 is 0 Å². The van der Waals surface area contributed by atoms with E-state index < -0.39 is 23.3 Å². The van der Waals surface area contributed by atoms with Crippen molar-refractivity contribution in [3.8, 4) is 0 Å². The van der Waals surface area contributed by atoms with E-state index in [4.69, 9.17) is 13.6 Å². The van der Waals surface area contributed by atoms with Crippen LogP contribution in [0.2, 0.25) is 0 Å². The molecule has 0 saturated heterocycles. The predicted octanol–water partition coefficient (Wildman–Crippen LogP) is 3.39. The van der Waals surface area contributed by atoms with Gasteiger partial charge in [0.15, 0.2) is 11.5 Å². The van der Waals surface area contributed by atoms with Crippen LogP contribution in [0.3, 0.4) is 0 Å². The summed E-state index contributed by atoms with van der Waals surface area (Å²) in [5.74, 6) is -0.557. The molecule has 2 aromatic heterocycles. The predicted molar refractivity (Wildman–Crippen MR) is 70.0 cm³/mol. The topological polar surface area (TPSA) is 69.7 Å². The zero-order chi connectivity index (χ0) is 14.8. The molecule has 0 bridgehead atoms. The number of ether oxygens (including phenoxy) is 1. The van der Waals surface area contributed by atoms with Gasteiger partial charge in [0, 0.05) is 0 Å². The molecule has 1 atom stereocenters.